The standard InChI is InChI=1S/C10H17FO5/c1-10(2)14-4-5-8(16-10)6(11)7(12)9(13-3)15-5/h5-9,12H,4H2,1-3H3/t5-,6+,7-,8+,9-/m1/s1. The highest BCUT2D eigenvalue weighted by Crippen LogP contribution is 2.33. The summed E-state index contributed by atoms with van der Waals surface area (Å²) < 4.78 is 34.9. The SMILES string of the molecule is CO[C@@H]1O[C@@H]2COC(C)(C)O[C@@H]2[C@@H](F)[C@H]1O. The predicted molar refractivity (Wildman–Crippen MR) is 51.5 cm³/mol. The lowest BCUT2D eigenvalue weighted by Crippen LogP contribution is -2.63. The summed E-state index contributed by atoms with van der Waals surface area (Å²) in [5.74, 6) is -0.853. The van der Waals surface area contributed by atoms with Crippen LogP contribution in [0.1, 0.15) is 13.8 Å². The summed E-state index contributed by atoms with van der Waals surface area (Å²) in [6, 6.07) is 0. The average molecular weight is 236 g/mol. The van der Waals surface area contributed by atoms with E-state index in [4.69, 9.17) is 18.9 Å². The molecule has 2 fully saturated rings. The fourth-order valence-corrected chi connectivity index (χ4v) is 1.99. The third-order valence-corrected chi connectivity index (χ3v) is 2.84. The Bertz CT molecular complexity index is 258. The Morgan fingerprint density at radius 1 is 1.44 bits per heavy atom. The summed E-state index contributed by atoms with van der Waals surface area (Å²) in [5.41, 5.74) is 0. The van der Waals surface area contributed by atoms with Gasteiger partial charge in [-0.05, 0) is 13.8 Å². The minimum atomic E-state index is -1.54. The smallest absolute Gasteiger partial charge is 0.186 e. The van der Waals surface area contributed by atoms with Crippen molar-refractivity contribution >= 4 is 0 Å². The third-order valence-electron chi connectivity index (χ3n) is 2.84. The summed E-state index contributed by atoms with van der Waals surface area (Å²) in [4.78, 5) is 0. The topological polar surface area (TPSA) is 57.2 Å². The summed E-state index contributed by atoms with van der Waals surface area (Å²) in [6.45, 7) is 3.63. The molecule has 2 saturated heterocycles. The van der Waals surface area contributed by atoms with E-state index in [9.17, 15) is 9.50 Å². The minimum absolute atomic E-state index is 0.227. The first-order valence-corrected chi connectivity index (χ1v) is 5.27. The molecule has 0 aromatic rings. The van der Waals surface area contributed by atoms with Crippen LogP contribution in [0.2, 0.25) is 0 Å². The maximum atomic E-state index is 13.9. The van der Waals surface area contributed by atoms with Gasteiger partial charge in [0.05, 0.1) is 6.61 Å². The van der Waals surface area contributed by atoms with Gasteiger partial charge < -0.3 is 24.1 Å². The highest BCUT2D eigenvalue weighted by Gasteiger charge is 2.51. The van der Waals surface area contributed by atoms with Gasteiger partial charge in [0.1, 0.15) is 18.3 Å². The van der Waals surface area contributed by atoms with Crippen molar-refractivity contribution in [2.24, 2.45) is 0 Å². The van der Waals surface area contributed by atoms with Crippen LogP contribution in [-0.2, 0) is 18.9 Å². The molecule has 0 amide bonds. The molecule has 16 heavy (non-hydrogen) atoms. The number of hydrogen-bond acceptors (Lipinski definition) is 5. The summed E-state index contributed by atoms with van der Waals surface area (Å²) >= 11 is 0. The number of alkyl halides is 1. The molecular weight excluding hydrogens is 219 g/mol. The molecule has 1 N–H and O–H groups in total. The molecule has 0 spiro atoms. The number of hydrogen-bond donors (Lipinski definition) is 1. The predicted octanol–water partition coefficient (Wildman–Crippen LogP) is 0.208. The fraction of sp³-hybridized carbons (Fsp3) is 1.00. The molecule has 0 saturated carbocycles. The van der Waals surface area contributed by atoms with Gasteiger partial charge in [-0.15, -0.1) is 0 Å². The van der Waals surface area contributed by atoms with Gasteiger partial charge in [0, 0.05) is 7.11 Å². The van der Waals surface area contributed by atoms with Gasteiger partial charge >= 0.3 is 0 Å². The van der Waals surface area contributed by atoms with Crippen LogP contribution in [0.15, 0.2) is 0 Å². The molecular formula is C10H17FO5. The van der Waals surface area contributed by atoms with Crippen LogP contribution < -0.4 is 0 Å². The molecule has 94 valence electrons. The van der Waals surface area contributed by atoms with E-state index in [0.29, 0.717) is 0 Å². The number of aliphatic hydroxyl groups excluding tert-OH is 1. The first-order chi connectivity index (χ1) is 7.44. The monoisotopic (exact) mass is 236 g/mol. The molecule has 2 aliphatic heterocycles. The van der Waals surface area contributed by atoms with Crippen molar-refractivity contribution in [1.82, 2.24) is 0 Å². The first-order valence-electron chi connectivity index (χ1n) is 5.27. The van der Waals surface area contributed by atoms with E-state index in [1.807, 2.05) is 0 Å². The van der Waals surface area contributed by atoms with Crippen molar-refractivity contribution in [3.05, 3.63) is 0 Å². The van der Waals surface area contributed by atoms with Crippen molar-refractivity contribution in [3.63, 3.8) is 0 Å². The Balaban J connectivity index is 2.11. The Labute approximate surface area is 93.4 Å². The Hall–Kier alpha value is -0.270. The van der Waals surface area contributed by atoms with Gasteiger partial charge in [-0.25, -0.2) is 4.39 Å². The molecule has 0 aromatic heterocycles. The maximum absolute atomic E-state index is 13.9. The molecule has 2 aliphatic rings. The van der Waals surface area contributed by atoms with Crippen molar-refractivity contribution in [3.8, 4) is 0 Å². The molecule has 0 aliphatic carbocycles. The van der Waals surface area contributed by atoms with Gasteiger partial charge in [-0.2, -0.15) is 0 Å². The van der Waals surface area contributed by atoms with Gasteiger partial charge in [0.25, 0.3) is 0 Å². The van der Waals surface area contributed by atoms with Crippen LogP contribution in [0.4, 0.5) is 4.39 Å². The van der Waals surface area contributed by atoms with Gasteiger partial charge in [-0.3, -0.25) is 0 Å². The molecule has 0 unspecified atom stereocenters. The molecule has 2 heterocycles. The highest BCUT2D eigenvalue weighted by atomic mass is 19.1. The number of methoxy groups -OCH3 is 1. The van der Waals surface area contributed by atoms with Crippen molar-refractivity contribution < 1.29 is 28.4 Å². The zero-order valence-electron chi connectivity index (χ0n) is 9.55. The number of aliphatic hydroxyl groups is 1. The summed E-state index contributed by atoms with van der Waals surface area (Å²) in [7, 11) is 1.36. The molecule has 0 aromatic carbocycles. The Morgan fingerprint density at radius 3 is 2.75 bits per heavy atom. The lowest BCUT2D eigenvalue weighted by molar-refractivity contribution is -0.373. The largest absolute Gasteiger partial charge is 0.385 e. The number of rotatable bonds is 1. The van der Waals surface area contributed by atoms with E-state index in [0.717, 1.165) is 0 Å². The second-order valence-electron chi connectivity index (χ2n) is 4.51. The van der Waals surface area contributed by atoms with Crippen molar-refractivity contribution in [2.45, 2.75) is 50.4 Å². The van der Waals surface area contributed by atoms with E-state index < -0.39 is 36.6 Å². The van der Waals surface area contributed by atoms with Crippen LogP contribution in [0, 0.1) is 0 Å². The summed E-state index contributed by atoms with van der Waals surface area (Å²) in [6.07, 6.45) is -5.20. The molecule has 0 radical (unpaired) electrons. The number of ether oxygens (including phenoxy) is 4. The van der Waals surface area contributed by atoms with Crippen LogP contribution in [0.25, 0.3) is 0 Å². The zero-order chi connectivity index (χ0) is 11.9. The van der Waals surface area contributed by atoms with Crippen LogP contribution in [-0.4, -0.2) is 55.4 Å². The van der Waals surface area contributed by atoms with Gasteiger partial charge in [0.2, 0.25) is 0 Å². The van der Waals surface area contributed by atoms with Gasteiger partial charge in [0.15, 0.2) is 18.2 Å². The Morgan fingerprint density at radius 2 is 2.12 bits per heavy atom. The third kappa shape index (κ3) is 2.08. The highest BCUT2D eigenvalue weighted by molar-refractivity contribution is 4.93. The number of fused-ring (bicyclic) bond motifs is 1. The van der Waals surface area contributed by atoms with E-state index >= 15 is 0 Å². The van der Waals surface area contributed by atoms with Crippen molar-refractivity contribution in [2.75, 3.05) is 13.7 Å². The molecule has 5 nitrogen and oxygen atoms in total. The Kier molecular flexibility index (Phi) is 3.20. The van der Waals surface area contributed by atoms with Gasteiger partial charge in [-0.1, -0.05) is 0 Å². The normalized spacial score (nSPS) is 47.4. The van der Waals surface area contributed by atoms with Crippen LogP contribution in [0.5, 0.6) is 0 Å². The molecule has 5 atom stereocenters. The minimum Gasteiger partial charge on any atom is -0.385 e. The average Bonchev–Trinajstić information content (AvgIpc) is 2.23. The summed E-state index contributed by atoms with van der Waals surface area (Å²) in [5, 5.41) is 9.60. The zero-order valence-corrected chi connectivity index (χ0v) is 9.55. The van der Waals surface area contributed by atoms with Crippen molar-refractivity contribution in [1.29, 1.82) is 0 Å². The second kappa shape index (κ2) is 4.19. The van der Waals surface area contributed by atoms with E-state index in [1.165, 1.54) is 7.11 Å². The lowest BCUT2D eigenvalue weighted by Gasteiger charge is -2.47. The first kappa shape index (κ1) is 12.2. The second-order valence-corrected chi connectivity index (χ2v) is 4.51. The fourth-order valence-electron chi connectivity index (χ4n) is 1.99. The quantitative estimate of drug-likeness (QED) is 0.705. The lowest BCUT2D eigenvalue weighted by atomic mass is 9.99. The van der Waals surface area contributed by atoms with Crippen LogP contribution >= 0.6 is 0 Å². The van der Waals surface area contributed by atoms with Crippen LogP contribution in [0.3, 0.4) is 0 Å². The van der Waals surface area contributed by atoms with E-state index in [-0.39, 0.29) is 6.61 Å². The maximum Gasteiger partial charge on any atom is 0.186 e. The molecule has 0 bridgehead atoms. The molecule has 6 heteroatoms. The van der Waals surface area contributed by atoms with E-state index in [1.54, 1.807) is 13.8 Å². The number of halogens is 1. The van der Waals surface area contributed by atoms with E-state index in [2.05, 4.69) is 0 Å². The molecule has 2 rings (SSSR count).